The van der Waals surface area contributed by atoms with Gasteiger partial charge in [0.25, 0.3) is 0 Å². The number of hydrogen-bond donors (Lipinski definition) is 0. The van der Waals surface area contributed by atoms with E-state index < -0.39 is 0 Å². The molecule has 0 N–H and O–H groups in total. The topological polar surface area (TPSA) is 11.4 Å². The van der Waals surface area contributed by atoms with Crippen molar-refractivity contribution in [1.82, 2.24) is 4.57 Å². The summed E-state index contributed by atoms with van der Waals surface area (Å²) in [4.78, 5) is 5.05. The van der Waals surface area contributed by atoms with E-state index >= 15 is 0 Å². The fourth-order valence-electron chi connectivity index (χ4n) is 11.5. The molecule has 0 fully saturated rings. The molecule has 6 heteroatoms. The second-order valence-electron chi connectivity index (χ2n) is 18.1. The summed E-state index contributed by atoms with van der Waals surface area (Å²) in [6.45, 7) is 2.09. The first kappa shape index (κ1) is 37.3. The lowest BCUT2D eigenvalue weighted by molar-refractivity contribution is 1.19. The zero-order valence-electron chi connectivity index (χ0n) is 36.4. The zero-order chi connectivity index (χ0) is 43.9. The van der Waals surface area contributed by atoms with E-state index in [0.717, 1.165) is 17.1 Å². The van der Waals surface area contributed by atoms with Crippen molar-refractivity contribution >= 4 is 131 Å². The van der Waals surface area contributed by atoms with Gasteiger partial charge in [-0.25, -0.2) is 0 Å². The van der Waals surface area contributed by atoms with Crippen LogP contribution in [0.25, 0.3) is 90.1 Å². The van der Waals surface area contributed by atoms with Crippen molar-refractivity contribution < 1.29 is 0 Å². The number of aromatic nitrogens is 1. The summed E-state index contributed by atoms with van der Waals surface area (Å²) < 4.78 is 7.90. The first-order chi connectivity index (χ1) is 33.1. The first-order valence-electron chi connectivity index (χ1n) is 23.0. The minimum atomic E-state index is -0.0987. The highest BCUT2D eigenvalue weighted by Crippen LogP contribution is 2.51. The largest absolute Gasteiger partial charge is 0.376 e. The molecule has 10 aromatic carbocycles. The summed E-state index contributed by atoms with van der Waals surface area (Å²) in [5, 5.41) is 7.84. The van der Waals surface area contributed by atoms with Crippen LogP contribution in [0.15, 0.2) is 212 Å². The molecule has 2 aliphatic heterocycles. The van der Waals surface area contributed by atoms with Crippen LogP contribution in [0.3, 0.4) is 0 Å². The van der Waals surface area contributed by atoms with Crippen LogP contribution >= 0.6 is 22.7 Å². The molecular formula is C61H38BN3S2. The lowest BCUT2D eigenvalue weighted by Crippen LogP contribution is -2.60. The maximum Gasteiger partial charge on any atom is 0.333 e. The van der Waals surface area contributed by atoms with Crippen LogP contribution in [-0.4, -0.2) is 11.4 Å². The Bertz CT molecular complexity index is 4150. The van der Waals surface area contributed by atoms with Crippen LogP contribution < -0.4 is 20.6 Å². The number of fused-ring (bicyclic) bond motifs is 14. The molecule has 0 unspecified atom stereocenters. The van der Waals surface area contributed by atoms with Crippen molar-refractivity contribution in [3.63, 3.8) is 0 Å². The summed E-state index contributed by atoms with van der Waals surface area (Å²) in [7, 11) is 0. The van der Waals surface area contributed by atoms with Crippen LogP contribution in [0.2, 0.25) is 0 Å². The quantitative estimate of drug-likeness (QED) is 0.160. The number of rotatable bonds is 5. The molecule has 0 bridgehead atoms. The van der Waals surface area contributed by atoms with E-state index in [2.05, 4.69) is 234 Å². The number of hydrogen-bond acceptors (Lipinski definition) is 4. The van der Waals surface area contributed by atoms with Crippen LogP contribution in [0.4, 0.5) is 28.4 Å². The van der Waals surface area contributed by atoms with E-state index in [1.54, 1.807) is 0 Å². The number of thiophene rings is 2. The second kappa shape index (κ2) is 14.1. The van der Waals surface area contributed by atoms with E-state index in [-0.39, 0.29) is 6.85 Å². The van der Waals surface area contributed by atoms with Crippen LogP contribution in [0.5, 0.6) is 0 Å². The van der Waals surface area contributed by atoms with Gasteiger partial charge in [0.05, 0.1) is 11.0 Å². The summed E-state index contributed by atoms with van der Waals surface area (Å²) >= 11 is 3.79. The van der Waals surface area contributed by atoms with E-state index in [1.807, 2.05) is 22.7 Å². The first-order valence-corrected chi connectivity index (χ1v) is 24.7. The van der Waals surface area contributed by atoms with Gasteiger partial charge in [0.15, 0.2) is 0 Å². The van der Waals surface area contributed by atoms with E-state index in [4.69, 9.17) is 0 Å². The van der Waals surface area contributed by atoms with Gasteiger partial charge in [-0.15, -0.1) is 22.7 Å². The minimum absolute atomic E-state index is 0.0987. The average Bonchev–Trinajstić information content (AvgIpc) is 4.06. The van der Waals surface area contributed by atoms with Gasteiger partial charge in [-0.1, -0.05) is 121 Å². The molecule has 0 atom stereocenters. The Hall–Kier alpha value is -7.90. The molecule has 5 heterocycles. The van der Waals surface area contributed by atoms with Gasteiger partial charge < -0.3 is 14.3 Å². The fraction of sp³-hybridized carbons (Fsp3) is 0.0164. The highest BCUT2D eigenvalue weighted by atomic mass is 32.1. The number of anilines is 5. The van der Waals surface area contributed by atoms with Gasteiger partial charge >= 0.3 is 6.85 Å². The Morgan fingerprint density at radius 2 is 1.06 bits per heavy atom. The van der Waals surface area contributed by atoms with Crippen molar-refractivity contribution in [3.8, 4) is 27.9 Å². The van der Waals surface area contributed by atoms with Crippen LogP contribution in [-0.2, 0) is 0 Å². The Morgan fingerprint density at radius 3 is 1.79 bits per heavy atom. The SMILES string of the molecule is Cc1ccc(N2B3c4cc5sc6ccccc6c5cc4-n4c5ccccc5c5c(-c6ccc7c(c6)sc6ccccc67)cc(c3c54)-c3cc(N(c4ccccc4)c4ccccc4)ccc32)cc1. The second-order valence-corrected chi connectivity index (χ2v) is 20.3. The molecule has 13 aromatic rings. The van der Waals surface area contributed by atoms with Gasteiger partial charge in [-0.3, -0.25) is 0 Å². The van der Waals surface area contributed by atoms with Crippen molar-refractivity contribution in [3.05, 3.63) is 218 Å². The molecule has 312 valence electrons. The number of benzene rings is 10. The van der Waals surface area contributed by atoms with Crippen molar-refractivity contribution in [1.29, 1.82) is 0 Å². The predicted octanol–water partition coefficient (Wildman–Crippen LogP) is 16.2. The number of nitrogens with zero attached hydrogens (tertiary/aromatic N) is 3. The molecule has 0 saturated carbocycles. The summed E-state index contributed by atoms with van der Waals surface area (Å²) in [6.07, 6.45) is 0. The van der Waals surface area contributed by atoms with Gasteiger partial charge in [-0.05, 0) is 132 Å². The monoisotopic (exact) mass is 887 g/mol. The summed E-state index contributed by atoms with van der Waals surface area (Å²) in [5.41, 5.74) is 18.4. The summed E-state index contributed by atoms with van der Waals surface area (Å²) in [6, 6.07) is 79.6. The van der Waals surface area contributed by atoms with Crippen LogP contribution in [0.1, 0.15) is 5.56 Å². The predicted molar refractivity (Wildman–Crippen MR) is 290 cm³/mol. The minimum Gasteiger partial charge on any atom is -0.376 e. The molecule has 0 saturated heterocycles. The van der Waals surface area contributed by atoms with Crippen molar-refractivity contribution in [2.45, 2.75) is 6.92 Å². The fourth-order valence-corrected chi connectivity index (χ4v) is 13.8. The average molecular weight is 888 g/mol. The Balaban J connectivity index is 1.11. The van der Waals surface area contributed by atoms with Gasteiger partial charge in [0.2, 0.25) is 0 Å². The van der Waals surface area contributed by atoms with Crippen molar-refractivity contribution in [2.75, 3.05) is 9.71 Å². The third kappa shape index (κ3) is 5.34. The molecule has 15 rings (SSSR count). The maximum absolute atomic E-state index is 2.65. The number of para-hydroxylation sites is 3. The Morgan fingerprint density at radius 1 is 0.433 bits per heavy atom. The molecule has 3 aromatic heterocycles. The highest BCUT2D eigenvalue weighted by molar-refractivity contribution is 7.26. The smallest absolute Gasteiger partial charge is 0.333 e. The van der Waals surface area contributed by atoms with Gasteiger partial charge in [-0.2, -0.15) is 0 Å². The molecule has 67 heavy (non-hydrogen) atoms. The van der Waals surface area contributed by atoms with Gasteiger partial charge in [0, 0.05) is 90.8 Å². The maximum atomic E-state index is 2.65. The number of aryl methyl sites for hydroxylation is 1. The Labute approximate surface area is 395 Å². The van der Waals surface area contributed by atoms with Gasteiger partial charge in [0.1, 0.15) is 0 Å². The standard InChI is InChI=1S/C61H38BN3S2/c1-37-24-27-41(28-25-37)65-53-31-29-42(63(39-14-4-2-5-15-39)40-16-6-3-7-17-40)33-48(53)50-34-47(38-26-30-45-43-18-9-12-22-55(43)66-57(45)32-38)59-46-20-8-11-21-52(46)64-54-35-49-44-19-10-13-23-56(44)67-58(49)36-51(54)62(65)60(50)61(59)64/h2-36H,1H3. The zero-order valence-corrected chi connectivity index (χ0v) is 38.1. The Kier molecular flexibility index (Phi) is 7.83. The third-order valence-corrected chi connectivity index (χ3v) is 16.7. The molecule has 3 nitrogen and oxygen atoms in total. The summed E-state index contributed by atoms with van der Waals surface area (Å²) in [5.74, 6) is 0. The molecule has 2 aliphatic rings. The molecule has 0 amide bonds. The van der Waals surface area contributed by atoms with E-state index in [1.165, 1.54) is 118 Å². The van der Waals surface area contributed by atoms with E-state index in [9.17, 15) is 0 Å². The molecule has 0 radical (unpaired) electrons. The van der Waals surface area contributed by atoms with Crippen molar-refractivity contribution in [2.24, 2.45) is 0 Å². The third-order valence-electron chi connectivity index (χ3n) is 14.4. The van der Waals surface area contributed by atoms with Crippen LogP contribution in [0, 0.1) is 6.92 Å². The normalized spacial score (nSPS) is 12.8. The highest BCUT2D eigenvalue weighted by Gasteiger charge is 2.45. The lowest BCUT2D eigenvalue weighted by Gasteiger charge is -2.42. The van der Waals surface area contributed by atoms with E-state index in [0.29, 0.717) is 0 Å². The lowest BCUT2D eigenvalue weighted by atomic mass is 9.43. The molecule has 0 spiro atoms. The molecule has 0 aliphatic carbocycles. The molecular weight excluding hydrogens is 850 g/mol.